The summed E-state index contributed by atoms with van der Waals surface area (Å²) in [6, 6.07) is 17.6. The van der Waals surface area contributed by atoms with Crippen LogP contribution in [0.3, 0.4) is 0 Å². The molecule has 146 valence electrons. The minimum atomic E-state index is -0.251. The fourth-order valence-corrected chi connectivity index (χ4v) is 4.09. The smallest absolute Gasteiger partial charge is 0.226 e. The van der Waals surface area contributed by atoms with Crippen LogP contribution in [0.15, 0.2) is 65.9 Å². The van der Waals surface area contributed by atoms with Crippen molar-refractivity contribution in [1.82, 2.24) is 14.8 Å². The Morgan fingerprint density at radius 1 is 1.10 bits per heavy atom. The summed E-state index contributed by atoms with van der Waals surface area (Å²) in [6.07, 6.45) is 2.31. The molecule has 0 radical (unpaired) electrons. The lowest BCUT2D eigenvalue weighted by Gasteiger charge is -2.32. The first-order chi connectivity index (χ1) is 14.2. The van der Waals surface area contributed by atoms with E-state index in [9.17, 15) is 4.79 Å². The fraction of sp³-hybridized carbons (Fsp3) is 0.261. The number of aromatic nitrogens is 3. The SMILES string of the molecule is CCOc1ccc(-c2nc3n(n2)C(c2ccccc2)C2=C(CCCC2=O)N3)cc1. The van der Waals surface area contributed by atoms with Gasteiger partial charge in [0.1, 0.15) is 11.8 Å². The predicted octanol–water partition coefficient (Wildman–Crippen LogP) is 4.37. The Bertz CT molecular complexity index is 1080. The van der Waals surface area contributed by atoms with Crippen molar-refractivity contribution >= 4 is 11.7 Å². The molecule has 0 spiro atoms. The van der Waals surface area contributed by atoms with Gasteiger partial charge in [-0.15, -0.1) is 5.10 Å². The average molecular weight is 386 g/mol. The van der Waals surface area contributed by atoms with E-state index in [1.807, 2.05) is 66.2 Å². The molecule has 0 saturated heterocycles. The normalized spacial score (nSPS) is 18.1. The number of carbonyl (C=O) groups excluding carboxylic acids is 1. The van der Waals surface area contributed by atoms with Gasteiger partial charge in [0.2, 0.25) is 5.95 Å². The summed E-state index contributed by atoms with van der Waals surface area (Å²) in [4.78, 5) is 17.6. The van der Waals surface area contributed by atoms with Gasteiger partial charge >= 0.3 is 0 Å². The van der Waals surface area contributed by atoms with Crippen LogP contribution in [0.5, 0.6) is 5.75 Å². The number of nitrogens with one attached hydrogen (secondary N) is 1. The van der Waals surface area contributed by atoms with E-state index in [0.717, 1.165) is 41.0 Å². The molecule has 2 aliphatic rings. The zero-order valence-corrected chi connectivity index (χ0v) is 16.3. The molecule has 0 fully saturated rings. The molecule has 5 rings (SSSR count). The maximum absolute atomic E-state index is 12.8. The lowest BCUT2D eigenvalue weighted by molar-refractivity contribution is -0.116. The number of ether oxygens (including phenoxy) is 1. The second-order valence-corrected chi connectivity index (χ2v) is 7.27. The van der Waals surface area contributed by atoms with Gasteiger partial charge in [-0.2, -0.15) is 4.98 Å². The van der Waals surface area contributed by atoms with E-state index in [1.165, 1.54) is 0 Å². The summed E-state index contributed by atoms with van der Waals surface area (Å²) < 4.78 is 7.38. The van der Waals surface area contributed by atoms with Gasteiger partial charge in [0.25, 0.3) is 0 Å². The van der Waals surface area contributed by atoms with Crippen LogP contribution in [-0.4, -0.2) is 27.2 Å². The van der Waals surface area contributed by atoms with Crippen molar-refractivity contribution in [2.45, 2.75) is 32.2 Å². The highest BCUT2D eigenvalue weighted by atomic mass is 16.5. The number of hydrogen-bond donors (Lipinski definition) is 1. The number of nitrogens with zero attached hydrogens (tertiary/aromatic N) is 3. The van der Waals surface area contributed by atoms with E-state index in [2.05, 4.69) is 5.32 Å². The number of benzene rings is 2. The van der Waals surface area contributed by atoms with Crippen molar-refractivity contribution < 1.29 is 9.53 Å². The molecular formula is C23H22N4O2. The number of fused-ring (bicyclic) bond motifs is 1. The molecule has 1 aliphatic heterocycles. The molecule has 2 aromatic carbocycles. The second kappa shape index (κ2) is 7.20. The van der Waals surface area contributed by atoms with Crippen LogP contribution >= 0.6 is 0 Å². The van der Waals surface area contributed by atoms with Gasteiger partial charge in [-0.05, 0) is 49.6 Å². The molecule has 1 unspecified atom stereocenters. The van der Waals surface area contributed by atoms with E-state index in [4.69, 9.17) is 14.8 Å². The van der Waals surface area contributed by atoms with Gasteiger partial charge in [-0.25, -0.2) is 4.68 Å². The summed E-state index contributed by atoms with van der Waals surface area (Å²) >= 11 is 0. The molecule has 1 atom stereocenters. The Labute approximate surface area is 169 Å². The second-order valence-electron chi connectivity index (χ2n) is 7.27. The van der Waals surface area contributed by atoms with Crippen LogP contribution in [0.25, 0.3) is 11.4 Å². The maximum Gasteiger partial charge on any atom is 0.226 e. The Kier molecular flexibility index (Phi) is 4.39. The zero-order chi connectivity index (χ0) is 19.8. The van der Waals surface area contributed by atoms with E-state index in [0.29, 0.717) is 24.8 Å². The molecule has 1 aliphatic carbocycles. The van der Waals surface area contributed by atoms with Crippen LogP contribution in [-0.2, 0) is 4.79 Å². The highest BCUT2D eigenvalue weighted by Crippen LogP contribution is 2.40. The molecule has 6 heteroatoms. The quantitative estimate of drug-likeness (QED) is 0.721. The summed E-state index contributed by atoms with van der Waals surface area (Å²) in [7, 11) is 0. The minimum absolute atomic E-state index is 0.191. The molecule has 0 bridgehead atoms. The first-order valence-electron chi connectivity index (χ1n) is 10.0. The van der Waals surface area contributed by atoms with Crippen molar-refractivity contribution in [3.05, 3.63) is 71.4 Å². The van der Waals surface area contributed by atoms with Crippen molar-refractivity contribution in [1.29, 1.82) is 0 Å². The van der Waals surface area contributed by atoms with E-state index >= 15 is 0 Å². The van der Waals surface area contributed by atoms with Crippen LogP contribution in [0.2, 0.25) is 0 Å². The van der Waals surface area contributed by atoms with E-state index in [-0.39, 0.29) is 11.8 Å². The number of Topliss-reactive ketones (excluding diaryl/α,β-unsaturated/α-hetero) is 1. The molecule has 0 amide bonds. The first kappa shape index (κ1) is 17.7. The Hall–Kier alpha value is -3.41. The summed E-state index contributed by atoms with van der Waals surface area (Å²) in [5.74, 6) is 2.32. The van der Waals surface area contributed by atoms with Gasteiger partial charge in [0.05, 0.1) is 6.61 Å². The molecule has 2 heterocycles. The molecule has 3 aromatic rings. The number of carbonyl (C=O) groups is 1. The number of allylic oxidation sites excluding steroid dienone is 2. The van der Waals surface area contributed by atoms with Gasteiger partial charge < -0.3 is 10.1 Å². The standard InChI is InChI=1S/C23H22N4O2/c1-2-29-17-13-11-16(12-14-17)22-25-23-24-18-9-6-10-19(28)20(18)21(27(23)26-22)15-7-4-3-5-8-15/h3-5,7-8,11-14,21H,2,6,9-10H2,1H3,(H,24,25,26). The minimum Gasteiger partial charge on any atom is -0.494 e. The number of ketones is 1. The molecule has 0 saturated carbocycles. The maximum atomic E-state index is 12.8. The van der Waals surface area contributed by atoms with E-state index < -0.39 is 0 Å². The van der Waals surface area contributed by atoms with Crippen molar-refractivity contribution in [2.75, 3.05) is 11.9 Å². The molecule has 1 N–H and O–H groups in total. The topological polar surface area (TPSA) is 69.0 Å². The number of hydrogen-bond acceptors (Lipinski definition) is 5. The lowest BCUT2D eigenvalue weighted by Crippen LogP contribution is -2.31. The number of rotatable bonds is 4. The van der Waals surface area contributed by atoms with Crippen LogP contribution in [0, 0.1) is 0 Å². The number of anilines is 1. The highest BCUT2D eigenvalue weighted by molar-refractivity contribution is 5.99. The average Bonchev–Trinajstić information content (AvgIpc) is 3.17. The summed E-state index contributed by atoms with van der Waals surface area (Å²) in [5.41, 5.74) is 3.75. The van der Waals surface area contributed by atoms with Crippen LogP contribution in [0.4, 0.5) is 5.95 Å². The summed E-state index contributed by atoms with van der Waals surface area (Å²) in [5, 5.41) is 8.17. The molecule has 29 heavy (non-hydrogen) atoms. The van der Waals surface area contributed by atoms with Crippen molar-refractivity contribution in [2.24, 2.45) is 0 Å². The third-order valence-electron chi connectivity index (χ3n) is 5.41. The third-order valence-corrected chi connectivity index (χ3v) is 5.41. The van der Waals surface area contributed by atoms with Gasteiger partial charge in [-0.3, -0.25) is 4.79 Å². The molecule has 6 nitrogen and oxygen atoms in total. The molecule has 1 aromatic heterocycles. The fourth-order valence-electron chi connectivity index (χ4n) is 4.09. The Morgan fingerprint density at radius 2 is 1.90 bits per heavy atom. The monoisotopic (exact) mass is 386 g/mol. The highest BCUT2D eigenvalue weighted by Gasteiger charge is 2.36. The van der Waals surface area contributed by atoms with Gasteiger partial charge in [-0.1, -0.05) is 30.3 Å². The van der Waals surface area contributed by atoms with Crippen LogP contribution in [0.1, 0.15) is 37.8 Å². The van der Waals surface area contributed by atoms with Gasteiger partial charge in [0, 0.05) is 23.3 Å². The zero-order valence-electron chi connectivity index (χ0n) is 16.3. The first-order valence-corrected chi connectivity index (χ1v) is 10.0. The van der Waals surface area contributed by atoms with Crippen molar-refractivity contribution in [3.63, 3.8) is 0 Å². The predicted molar refractivity (Wildman–Crippen MR) is 111 cm³/mol. The van der Waals surface area contributed by atoms with Crippen LogP contribution < -0.4 is 10.1 Å². The largest absolute Gasteiger partial charge is 0.494 e. The van der Waals surface area contributed by atoms with Crippen molar-refractivity contribution in [3.8, 4) is 17.1 Å². The lowest BCUT2D eigenvalue weighted by atomic mass is 9.85. The van der Waals surface area contributed by atoms with E-state index in [1.54, 1.807) is 0 Å². The Morgan fingerprint density at radius 3 is 2.66 bits per heavy atom. The third kappa shape index (κ3) is 3.10. The Balaban J connectivity index is 1.59. The summed E-state index contributed by atoms with van der Waals surface area (Å²) in [6.45, 7) is 2.59. The van der Waals surface area contributed by atoms with Gasteiger partial charge in [0.15, 0.2) is 11.6 Å². The molecular weight excluding hydrogens is 364 g/mol.